The van der Waals surface area contributed by atoms with E-state index in [0.717, 1.165) is 38.4 Å². The lowest BCUT2D eigenvalue weighted by Crippen LogP contribution is -2.21. The van der Waals surface area contributed by atoms with Crippen LogP contribution >= 0.6 is 0 Å². The number of aromatic nitrogens is 2. The Hall–Kier alpha value is -0.870. The summed E-state index contributed by atoms with van der Waals surface area (Å²) in [7, 11) is 0. The third-order valence-corrected chi connectivity index (χ3v) is 2.56. The van der Waals surface area contributed by atoms with Gasteiger partial charge in [0.2, 0.25) is 0 Å². The molecule has 0 bridgehead atoms. The Morgan fingerprint density at radius 2 is 2.18 bits per heavy atom. The molecular weight excluding hydrogens is 214 g/mol. The molecule has 0 unspecified atom stereocenters. The molecule has 4 nitrogen and oxygen atoms in total. The summed E-state index contributed by atoms with van der Waals surface area (Å²) in [5.41, 5.74) is 2.38. The standard InChI is InChI=1S/C13H25N3O/c1-5-7-17-8-6-16-10-13(12(4)15-16)9-14-11(2)3/h10-11,14H,5-9H2,1-4H3. The average molecular weight is 239 g/mol. The van der Waals surface area contributed by atoms with Crippen molar-refractivity contribution < 1.29 is 4.74 Å². The van der Waals surface area contributed by atoms with Gasteiger partial charge in [0.1, 0.15) is 0 Å². The van der Waals surface area contributed by atoms with Gasteiger partial charge in [-0.15, -0.1) is 0 Å². The van der Waals surface area contributed by atoms with E-state index in [2.05, 4.69) is 44.3 Å². The van der Waals surface area contributed by atoms with Gasteiger partial charge in [0.15, 0.2) is 0 Å². The second-order valence-electron chi connectivity index (χ2n) is 4.65. The molecule has 1 aromatic rings. The third-order valence-electron chi connectivity index (χ3n) is 2.56. The van der Waals surface area contributed by atoms with Gasteiger partial charge < -0.3 is 10.1 Å². The van der Waals surface area contributed by atoms with E-state index in [9.17, 15) is 0 Å². The number of rotatable bonds is 8. The van der Waals surface area contributed by atoms with Crippen LogP contribution in [0.25, 0.3) is 0 Å². The van der Waals surface area contributed by atoms with Gasteiger partial charge in [0, 0.05) is 31.0 Å². The number of hydrogen-bond donors (Lipinski definition) is 1. The molecule has 0 radical (unpaired) electrons. The maximum atomic E-state index is 5.46. The average Bonchev–Trinajstić information content (AvgIpc) is 2.63. The van der Waals surface area contributed by atoms with Crippen molar-refractivity contribution in [2.75, 3.05) is 13.2 Å². The molecular formula is C13H25N3O. The molecule has 98 valence electrons. The SMILES string of the molecule is CCCOCCn1cc(CNC(C)C)c(C)n1. The molecule has 0 spiro atoms. The van der Waals surface area contributed by atoms with Crippen molar-refractivity contribution in [2.45, 2.75) is 53.2 Å². The summed E-state index contributed by atoms with van der Waals surface area (Å²) in [5.74, 6) is 0. The molecule has 1 rings (SSSR count). The first-order valence-electron chi connectivity index (χ1n) is 6.47. The lowest BCUT2D eigenvalue weighted by atomic mass is 10.2. The van der Waals surface area contributed by atoms with Crippen molar-refractivity contribution in [1.29, 1.82) is 0 Å². The Bertz CT molecular complexity index is 320. The number of ether oxygens (including phenoxy) is 1. The summed E-state index contributed by atoms with van der Waals surface area (Å²) in [4.78, 5) is 0. The first kappa shape index (κ1) is 14.2. The zero-order chi connectivity index (χ0) is 12.7. The molecule has 0 amide bonds. The Morgan fingerprint density at radius 3 is 2.82 bits per heavy atom. The van der Waals surface area contributed by atoms with E-state index < -0.39 is 0 Å². The van der Waals surface area contributed by atoms with Crippen molar-refractivity contribution >= 4 is 0 Å². The van der Waals surface area contributed by atoms with Crippen LogP contribution in [-0.4, -0.2) is 29.0 Å². The van der Waals surface area contributed by atoms with Crippen LogP contribution in [-0.2, 0) is 17.8 Å². The predicted octanol–water partition coefficient (Wildman–Crippen LogP) is 2.12. The van der Waals surface area contributed by atoms with Gasteiger partial charge in [-0.1, -0.05) is 20.8 Å². The first-order valence-corrected chi connectivity index (χ1v) is 6.47. The zero-order valence-corrected chi connectivity index (χ0v) is 11.5. The topological polar surface area (TPSA) is 39.1 Å². The van der Waals surface area contributed by atoms with Crippen LogP contribution in [0.15, 0.2) is 6.20 Å². The molecule has 0 aromatic carbocycles. The van der Waals surface area contributed by atoms with E-state index in [0.29, 0.717) is 6.04 Å². The van der Waals surface area contributed by atoms with Crippen molar-refractivity contribution in [3.8, 4) is 0 Å². The Labute approximate surface area is 104 Å². The molecule has 0 aliphatic heterocycles. The maximum Gasteiger partial charge on any atom is 0.0662 e. The van der Waals surface area contributed by atoms with Crippen LogP contribution in [0.4, 0.5) is 0 Å². The molecule has 17 heavy (non-hydrogen) atoms. The van der Waals surface area contributed by atoms with Gasteiger partial charge in [-0.05, 0) is 13.3 Å². The predicted molar refractivity (Wildman–Crippen MR) is 70.0 cm³/mol. The third kappa shape index (κ3) is 5.33. The van der Waals surface area contributed by atoms with Crippen LogP contribution < -0.4 is 5.32 Å². The lowest BCUT2D eigenvalue weighted by Gasteiger charge is -2.06. The van der Waals surface area contributed by atoms with Gasteiger partial charge in [0.25, 0.3) is 0 Å². The molecule has 0 aliphatic rings. The lowest BCUT2D eigenvalue weighted by molar-refractivity contribution is 0.124. The van der Waals surface area contributed by atoms with Crippen LogP contribution in [0.1, 0.15) is 38.4 Å². The van der Waals surface area contributed by atoms with E-state index in [-0.39, 0.29) is 0 Å². The highest BCUT2D eigenvalue weighted by molar-refractivity contribution is 5.15. The summed E-state index contributed by atoms with van der Waals surface area (Å²) >= 11 is 0. The van der Waals surface area contributed by atoms with Crippen molar-refractivity contribution in [3.05, 3.63) is 17.5 Å². The van der Waals surface area contributed by atoms with E-state index >= 15 is 0 Å². The quantitative estimate of drug-likeness (QED) is 0.706. The first-order chi connectivity index (χ1) is 8.13. The fourth-order valence-electron chi connectivity index (χ4n) is 1.57. The summed E-state index contributed by atoms with van der Waals surface area (Å²) < 4.78 is 7.43. The molecule has 1 N–H and O–H groups in total. The number of hydrogen-bond acceptors (Lipinski definition) is 3. The van der Waals surface area contributed by atoms with Gasteiger partial charge >= 0.3 is 0 Å². The monoisotopic (exact) mass is 239 g/mol. The van der Waals surface area contributed by atoms with Crippen molar-refractivity contribution in [1.82, 2.24) is 15.1 Å². The van der Waals surface area contributed by atoms with E-state index in [1.54, 1.807) is 0 Å². The second-order valence-corrected chi connectivity index (χ2v) is 4.65. The zero-order valence-electron chi connectivity index (χ0n) is 11.5. The molecule has 0 fully saturated rings. The van der Waals surface area contributed by atoms with Crippen LogP contribution in [0.5, 0.6) is 0 Å². The van der Waals surface area contributed by atoms with Gasteiger partial charge in [-0.2, -0.15) is 5.10 Å². The Balaban J connectivity index is 2.38. The molecule has 0 saturated heterocycles. The van der Waals surface area contributed by atoms with Gasteiger partial charge in [-0.3, -0.25) is 4.68 Å². The van der Waals surface area contributed by atoms with Crippen LogP contribution in [0.3, 0.4) is 0 Å². The highest BCUT2D eigenvalue weighted by Gasteiger charge is 2.05. The van der Waals surface area contributed by atoms with Crippen molar-refractivity contribution in [2.24, 2.45) is 0 Å². The smallest absolute Gasteiger partial charge is 0.0662 e. The fraction of sp³-hybridized carbons (Fsp3) is 0.769. The fourth-order valence-corrected chi connectivity index (χ4v) is 1.57. The summed E-state index contributed by atoms with van der Waals surface area (Å²) in [6.45, 7) is 11.8. The highest BCUT2D eigenvalue weighted by Crippen LogP contribution is 2.05. The second kappa shape index (κ2) is 7.45. The molecule has 4 heteroatoms. The van der Waals surface area contributed by atoms with Crippen molar-refractivity contribution in [3.63, 3.8) is 0 Å². The molecule has 0 atom stereocenters. The number of nitrogens with one attached hydrogen (secondary N) is 1. The minimum absolute atomic E-state index is 0.505. The molecule has 1 heterocycles. The molecule has 1 aromatic heterocycles. The maximum absolute atomic E-state index is 5.46. The highest BCUT2D eigenvalue weighted by atomic mass is 16.5. The van der Waals surface area contributed by atoms with Crippen LogP contribution in [0, 0.1) is 6.92 Å². The Morgan fingerprint density at radius 1 is 1.41 bits per heavy atom. The summed E-state index contributed by atoms with van der Waals surface area (Å²) in [6.07, 6.45) is 3.18. The largest absolute Gasteiger partial charge is 0.380 e. The number of nitrogens with zero attached hydrogens (tertiary/aromatic N) is 2. The minimum atomic E-state index is 0.505. The van der Waals surface area contributed by atoms with E-state index in [4.69, 9.17) is 4.74 Å². The summed E-state index contributed by atoms with van der Waals surface area (Å²) in [6, 6.07) is 0.505. The molecule has 0 saturated carbocycles. The molecule has 0 aliphatic carbocycles. The minimum Gasteiger partial charge on any atom is -0.380 e. The van der Waals surface area contributed by atoms with Crippen LogP contribution in [0.2, 0.25) is 0 Å². The Kier molecular flexibility index (Phi) is 6.22. The van der Waals surface area contributed by atoms with Gasteiger partial charge in [-0.25, -0.2) is 0 Å². The summed E-state index contributed by atoms with van der Waals surface area (Å²) in [5, 5.41) is 7.89. The normalized spacial score (nSPS) is 11.4. The van der Waals surface area contributed by atoms with E-state index in [1.807, 2.05) is 4.68 Å². The van der Waals surface area contributed by atoms with E-state index in [1.165, 1.54) is 5.56 Å². The van der Waals surface area contributed by atoms with Gasteiger partial charge in [0.05, 0.1) is 18.8 Å². The number of aryl methyl sites for hydroxylation is 1.